The highest BCUT2D eigenvalue weighted by molar-refractivity contribution is 5.86. The molecule has 1 aromatic heterocycles. The first-order valence-corrected chi connectivity index (χ1v) is 5.61. The molecule has 1 aromatic carbocycles. The molecular formula is C13H14N4O. The molecule has 92 valence electrons. The molecule has 0 aliphatic rings. The summed E-state index contributed by atoms with van der Waals surface area (Å²) in [5.41, 5.74) is 1.88. The second-order valence-electron chi connectivity index (χ2n) is 3.81. The summed E-state index contributed by atoms with van der Waals surface area (Å²) in [7, 11) is 0. The first-order chi connectivity index (χ1) is 8.78. The number of carbonyl (C=O) groups is 1. The van der Waals surface area contributed by atoms with Crippen LogP contribution in [0.25, 0.3) is 0 Å². The van der Waals surface area contributed by atoms with Gasteiger partial charge < -0.3 is 5.32 Å². The second kappa shape index (κ2) is 5.77. The summed E-state index contributed by atoms with van der Waals surface area (Å²) in [6.07, 6.45) is 3.05. The Bertz CT molecular complexity index is 533. The van der Waals surface area contributed by atoms with Crippen molar-refractivity contribution in [3.63, 3.8) is 0 Å². The normalized spacial score (nSPS) is 10.0. The fraction of sp³-hybridized carbons (Fsp3) is 0.154. The molecule has 0 saturated carbocycles. The van der Waals surface area contributed by atoms with Gasteiger partial charge in [0.2, 0.25) is 5.91 Å². The summed E-state index contributed by atoms with van der Waals surface area (Å²) >= 11 is 0. The Morgan fingerprint density at radius 2 is 2.17 bits per heavy atom. The minimum atomic E-state index is -0.215. The fourth-order valence-electron chi connectivity index (χ4n) is 1.52. The van der Waals surface area contributed by atoms with Crippen molar-refractivity contribution in [2.45, 2.75) is 13.1 Å². The minimum Gasteiger partial charge on any atom is -0.347 e. The van der Waals surface area contributed by atoms with Crippen molar-refractivity contribution in [2.24, 2.45) is 0 Å². The molecule has 18 heavy (non-hydrogen) atoms. The van der Waals surface area contributed by atoms with Crippen molar-refractivity contribution in [2.75, 3.05) is 0 Å². The van der Waals surface area contributed by atoms with Crippen LogP contribution in [-0.4, -0.2) is 20.9 Å². The van der Waals surface area contributed by atoms with Gasteiger partial charge in [-0.15, -0.1) is 5.10 Å². The van der Waals surface area contributed by atoms with Crippen LogP contribution in [-0.2, 0) is 17.9 Å². The van der Waals surface area contributed by atoms with Gasteiger partial charge in [-0.25, -0.2) is 4.68 Å². The maximum atomic E-state index is 11.0. The van der Waals surface area contributed by atoms with Crippen LogP contribution in [0.3, 0.4) is 0 Å². The Hall–Kier alpha value is -2.43. The maximum Gasteiger partial charge on any atom is 0.243 e. The van der Waals surface area contributed by atoms with Gasteiger partial charge in [0.15, 0.2) is 0 Å². The number of nitrogens with one attached hydrogen (secondary N) is 1. The third kappa shape index (κ3) is 3.28. The summed E-state index contributed by atoms with van der Waals surface area (Å²) < 4.78 is 1.74. The topological polar surface area (TPSA) is 59.8 Å². The Morgan fingerprint density at radius 3 is 2.89 bits per heavy atom. The van der Waals surface area contributed by atoms with Crippen molar-refractivity contribution < 1.29 is 4.79 Å². The summed E-state index contributed by atoms with van der Waals surface area (Å²) in [6, 6.07) is 10.00. The van der Waals surface area contributed by atoms with Crippen LogP contribution in [0, 0.1) is 0 Å². The summed E-state index contributed by atoms with van der Waals surface area (Å²) in [5, 5.41) is 10.6. The lowest BCUT2D eigenvalue weighted by molar-refractivity contribution is -0.116. The van der Waals surface area contributed by atoms with E-state index in [2.05, 4.69) is 22.2 Å². The molecule has 0 bridgehead atoms. The first kappa shape index (κ1) is 12.0. The van der Waals surface area contributed by atoms with E-state index in [-0.39, 0.29) is 5.91 Å². The number of aromatic nitrogens is 3. The zero-order valence-electron chi connectivity index (χ0n) is 9.91. The first-order valence-electron chi connectivity index (χ1n) is 5.61. The molecule has 0 unspecified atom stereocenters. The molecule has 2 rings (SSSR count). The molecular weight excluding hydrogens is 228 g/mol. The SMILES string of the molecule is C=CC(=O)NCc1cn(Cc2ccccc2)nn1. The lowest BCUT2D eigenvalue weighted by Gasteiger charge is -1.99. The highest BCUT2D eigenvalue weighted by Gasteiger charge is 2.02. The third-order valence-electron chi connectivity index (χ3n) is 2.40. The van der Waals surface area contributed by atoms with Gasteiger partial charge in [-0.3, -0.25) is 4.79 Å². The summed E-state index contributed by atoms with van der Waals surface area (Å²) in [5.74, 6) is -0.215. The van der Waals surface area contributed by atoms with Crippen LogP contribution in [0.2, 0.25) is 0 Å². The van der Waals surface area contributed by atoms with Gasteiger partial charge >= 0.3 is 0 Å². The van der Waals surface area contributed by atoms with Crippen LogP contribution < -0.4 is 5.32 Å². The zero-order chi connectivity index (χ0) is 12.8. The number of amides is 1. The van der Waals surface area contributed by atoms with Gasteiger partial charge in [0.05, 0.1) is 19.3 Å². The lowest BCUT2D eigenvalue weighted by atomic mass is 10.2. The zero-order valence-corrected chi connectivity index (χ0v) is 9.91. The molecule has 0 spiro atoms. The number of nitrogens with zero attached hydrogens (tertiary/aromatic N) is 3. The fourth-order valence-corrected chi connectivity index (χ4v) is 1.52. The largest absolute Gasteiger partial charge is 0.347 e. The number of hydrogen-bond donors (Lipinski definition) is 1. The lowest BCUT2D eigenvalue weighted by Crippen LogP contribution is -2.20. The van der Waals surface area contributed by atoms with E-state index in [4.69, 9.17) is 0 Å². The average molecular weight is 242 g/mol. The van der Waals surface area contributed by atoms with E-state index in [0.29, 0.717) is 13.1 Å². The quantitative estimate of drug-likeness (QED) is 0.799. The van der Waals surface area contributed by atoms with Crippen LogP contribution in [0.4, 0.5) is 0 Å². The minimum absolute atomic E-state index is 0.215. The van der Waals surface area contributed by atoms with Gasteiger partial charge in [0, 0.05) is 0 Å². The Morgan fingerprint density at radius 1 is 1.39 bits per heavy atom. The van der Waals surface area contributed by atoms with Crippen molar-refractivity contribution in [1.82, 2.24) is 20.3 Å². The molecule has 2 aromatic rings. The maximum absolute atomic E-state index is 11.0. The van der Waals surface area contributed by atoms with Crippen LogP contribution >= 0.6 is 0 Å². The van der Waals surface area contributed by atoms with Gasteiger partial charge in [0.25, 0.3) is 0 Å². The number of benzene rings is 1. The van der Waals surface area contributed by atoms with E-state index in [9.17, 15) is 4.79 Å². The van der Waals surface area contributed by atoms with Gasteiger partial charge in [0.1, 0.15) is 5.69 Å². The number of hydrogen-bond acceptors (Lipinski definition) is 3. The highest BCUT2D eigenvalue weighted by Crippen LogP contribution is 2.02. The molecule has 5 heteroatoms. The van der Waals surface area contributed by atoms with Gasteiger partial charge in [-0.1, -0.05) is 42.1 Å². The molecule has 0 aliphatic carbocycles. The Kier molecular flexibility index (Phi) is 3.86. The Labute approximate surface area is 105 Å². The predicted molar refractivity (Wildman–Crippen MR) is 67.6 cm³/mol. The molecule has 5 nitrogen and oxygen atoms in total. The van der Waals surface area contributed by atoms with Crippen LogP contribution in [0.1, 0.15) is 11.3 Å². The summed E-state index contributed by atoms with van der Waals surface area (Å²) in [6.45, 7) is 4.41. The van der Waals surface area contributed by atoms with Crippen molar-refractivity contribution in [1.29, 1.82) is 0 Å². The molecule has 1 heterocycles. The Balaban J connectivity index is 1.94. The standard InChI is InChI=1S/C13H14N4O/c1-2-13(18)14-8-12-10-17(16-15-12)9-11-6-4-3-5-7-11/h2-7,10H,1,8-9H2,(H,14,18). The predicted octanol–water partition coefficient (Wildman–Crippen LogP) is 1.13. The van der Waals surface area contributed by atoms with Crippen molar-refractivity contribution in [3.8, 4) is 0 Å². The molecule has 0 aliphatic heterocycles. The van der Waals surface area contributed by atoms with Crippen molar-refractivity contribution >= 4 is 5.91 Å². The molecule has 0 radical (unpaired) electrons. The number of rotatable bonds is 5. The second-order valence-corrected chi connectivity index (χ2v) is 3.81. The van der Waals surface area contributed by atoms with E-state index >= 15 is 0 Å². The van der Waals surface area contributed by atoms with Crippen LogP contribution in [0.5, 0.6) is 0 Å². The van der Waals surface area contributed by atoms with E-state index in [1.165, 1.54) is 6.08 Å². The third-order valence-corrected chi connectivity index (χ3v) is 2.40. The van der Waals surface area contributed by atoms with E-state index in [1.807, 2.05) is 36.5 Å². The van der Waals surface area contributed by atoms with E-state index in [0.717, 1.165) is 11.3 Å². The average Bonchev–Trinajstić information content (AvgIpc) is 2.85. The molecule has 0 saturated heterocycles. The van der Waals surface area contributed by atoms with Crippen molar-refractivity contribution in [3.05, 3.63) is 60.4 Å². The van der Waals surface area contributed by atoms with Crippen LogP contribution in [0.15, 0.2) is 49.2 Å². The smallest absolute Gasteiger partial charge is 0.243 e. The molecule has 1 amide bonds. The highest BCUT2D eigenvalue weighted by atomic mass is 16.1. The molecule has 0 atom stereocenters. The van der Waals surface area contributed by atoms with Gasteiger partial charge in [-0.2, -0.15) is 0 Å². The monoisotopic (exact) mass is 242 g/mol. The van der Waals surface area contributed by atoms with Gasteiger partial charge in [-0.05, 0) is 11.6 Å². The summed E-state index contributed by atoms with van der Waals surface area (Å²) in [4.78, 5) is 11.0. The molecule has 1 N–H and O–H groups in total. The number of carbonyl (C=O) groups excluding carboxylic acids is 1. The van der Waals surface area contributed by atoms with E-state index in [1.54, 1.807) is 4.68 Å². The molecule has 0 fully saturated rings. The van der Waals surface area contributed by atoms with E-state index < -0.39 is 0 Å².